The summed E-state index contributed by atoms with van der Waals surface area (Å²) in [5.74, 6) is -0.154. The third-order valence-electron chi connectivity index (χ3n) is 8.31. The first-order chi connectivity index (χ1) is 18.7. The average molecular weight is 555 g/mol. The van der Waals surface area contributed by atoms with Crippen molar-refractivity contribution in [2.75, 3.05) is 6.61 Å². The van der Waals surface area contributed by atoms with Crippen molar-refractivity contribution in [3.8, 4) is 0 Å². The van der Waals surface area contributed by atoms with E-state index in [2.05, 4.69) is 88.4 Å². The van der Waals surface area contributed by atoms with Crippen molar-refractivity contribution in [2.45, 2.75) is 135 Å². The number of aliphatic hydroxyl groups excluding tert-OH is 2. The standard InChI is InChI=1S/C35H58O3Si/c1-6-7-8-9-10-11-12-13-14-15-16-23-28-33(36)34(37)30(2)29-38-39(35(3,4)5,31-24-19-17-20-25-31)32-26-21-18-22-27-32/h17-22,24-27,30,33-34,36-37H,6-16,23,28-29H2,1-5H3/t30?,33-,34+/m1/s1. The van der Waals surface area contributed by atoms with Gasteiger partial charge in [-0.3, -0.25) is 0 Å². The Labute approximate surface area is 241 Å². The van der Waals surface area contributed by atoms with E-state index in [1.54, 1.807) is 0 Å². The van der Waals surface area contributed by atoms with Crippen LogP contribution >= 0.6 is 0 Å². The minimum Gasteiger partial charge on any atom is -0.407 e. The lowest BCUT2D eigenvalue weighted by Gasteiger charge is -2.44. The zero-order valence-corrected chi connectivity index (χ0v) is 26.7. The lowest BCUT2D eigenvalue weighted by atomic mass is 9.96. The maximum atomic E-state index is 11.0. The monoisotopic (exact) mass is 554 g/mol. The third kappa shape index (κ3) is 10.8. The molecule has 0 fully saturated rings. The smallest absolute Gasteiger partial charge is 0.261 e. The van der Waals surface area contributed by atoms with Crippen molar-refractivity contribution in [3.63, 3.8) is 0 Å². The van der Waals surface area contributed by atoms with E-state index in [0.29, 0.717) is 13.0 Å². The van der Waals surface area contributed by atoms with E-state index >= 15 is 0 Å². The molecule has 0 aromatic heterocycles. The summed E-state index contributed by atoms with van der Waals surface area (Å²) in [6.07, 6.45) is 14.7. The highest BCUT2D eigenvalue weighted by Crippen LogP contribution is 2.37. The van der Waals surface area contributed by atoms with E-state index in [1.165, 1.54) is 74.6 Å². The van der Waals surface area contributed by atoms with E-state index in [9.17, 15) is 10.2 Å². The van der Waals surface area contributed by atoms with Crippen LogP contribution in [0.25, 0.3) is 0 Å². The van der Waals surface area contributed by atoms with Gasteiger partial charge in [0.25, 0.3) is 8.32 Å². The van der Waals surface area contributed by atoms with Crippen LogP contribution in [0.1, 0.15) is 118 Å². The molecule has 0 aliphatic rings. The van der Waals surface area contributed by atoms with Crippen LogP contribution in [0.4, 0.5) is 0 Å². The first-order valence-electron chi connectivity index (χ1n) is 15.8. The summed E-state index contributed by atoms with van der Waals surface area (Å²) in [4.78, 5) is 0. The Morgan fingerprint density at radius 2 is 1.08 bits per heavy atom. The molecule has 2 aromatic carbocycles. The van der Waals surface area contributed by atoms with Gasteiger partial charge in [-0.2, -0.15) is 0 Å². The van der Waals surface area contributed by atoms with E-state index in [0.717, 1.165) is 12.8 Å². The molecular formula is C35H58O3Si. The van der Waals surface area contributed by atoms with Crippen LogP contribution in [0.15, 0.2) is 60.7 Å². The number of benzene rings is 2. The van der Waals surface area contributed by atoms with Gasteiger partial charge in [-0.15, -0.1) is 0 Å². The second-order valence-electron chi connectivity index (χ2n) is 12.7. The van der Waals surface area contributed by atoms with E-state index in [1.807, 2.05) is 6.92 Å². The molecule has 2 rings (SSSR count). The summed E-state index contributed by atoms with van der Waals surface area (Å²) in [6.45, 7) is 11.5. The first kappa shape index (κ1) is 33.7. The molecule has 2 N–H and O–H groups in total. The van der Waals surface area contributed by atoms with Gasteiger partial charge in [0.2, 0.25) is 0 Å². The second-order valence-corrected chi connectivity index (χ2v) is 17.0. The Balaban J connectivity index is 1.83. The molecule has 0 aliphatic carbocycles. The molecule has 0 saturated carbocycles. The molecule has 0 saturated heterocycles. The molecule has 0 heterocycles. The Kier molecular flexibility index (Phi) is 15.6. The van der Waals surface area contributed by atoms with Gasteiger partial charge in [-0.05, 0) is 21.8 Å². The Morgan fingerprint density at radius 3 is 1.49 bits per heavy atom. The van der Waals surface area contributed by atoms with Gasteiger partial charge in [0.15, 0.2) is 0 Å². The Hall–Kier alpha value is -1.46. The molecule has 4 heteroatoms. The molecule has 3 atom stereocenters. The highest BCUT2D eigenvalue weighted by Gasteiger charge is 2.50. The molecule has 39 heavy (non-hydrogen) atoms. The van der Waals surface area contributed by atoms with Crippen LogP contribution in [-0.4, -0.2) is 37.3 Å². The Bertz CT molecular complexity index is 825. The van der Waals surface area contributed by atoms with Crippen molar-refractivity contribution >= 4 is 18.7 Å². The van der Waals surface area contributed by atoms with Gasteiger partial charge in [-0.1, -0.05) is 172 Å². The number of hydrogen-bond acceptors (Lipinski definition) is 3. The van der Waals surface area contributed by atoms with Gasteiger partial charge in [-0.25, -0.2) is 0 Å². The molecule has 2 aromatic rings. The fourth-order valence-corrected chi connectivity index (χ4v) is 10.5. The average Bonchev–Trinajstić information content (AvgIpc) is 2.93. The topological polar surface area (TPSA) is 49.7 Å². The first-order valence-corrected chi connectivity index (χ1v) is 17.8. The van der Waals surface area contributed by atoms with Gasteiger partial charge in [0, 0.05) is 12.5 Å². The number of unbranched alkanes of at least 4 members (excludes halogenated alkanes) is 11. The molecule has 3 nitrogen and oxygen atoms in total. The van der Waals surface area contributed by atoms with Gasteiger partial charge < -0.3 is 14.6 Å². The van der Waals surface area contributed by atoms with Crippen molar-refractivity contribution in [3.05, 3.63) is 60.7 Å². The molecule has 0 bridgehead atoms. The SMILES string of the molecule is CCCCCCCCCCCCCC[C@@H](O)[C@@H](O)C(C)CO[Si](c1ccccc1)(c1ccccc1)C(C)(C)C. The Morgan fingerprint density at radius 1 is 0.667 bits per heavy atom. The normalized spacial score (nSPS) is 14.7. The summed E-state index contributed by atoms with van der Waals surface area (Å²) < 4.78 is 6.98. The maximum absolute atomic E-state index is 11.0. The second kappa shape index (κ2) is 18.1. The fraction of sp³-hybridized carbons (Fsp3) is 0.657. The van der Waals surface area contributed by atoms with Gasteiger partial charge in [0.05, 0.1) is 12.2 Å². The quantitative estimate of drug-likeness (QED) is 0.129. The van der Waals surface area contributed by atoms with E-state index < -0.39 is 20.5 Å². The summed E-state index contributed by atoms with van der Waals surface area (Å²) >= 11 is 0. The van der Waals surface area contributed by atoms with Crippen LogP contribution in [-0.2, 0) is 4.43 Å². The molecule has 0 radical (unpaired) electrons. The van der Waals surface area contributed by atoms with Gasteiger partial charge in [0.1, 0.15) is 0 Å². The molecule has 1 unspecified atom stereocenters. The lowest BCUT2D eigenvalue weighted by molar-refractivity contribution is -0.0292. The summed E-state index contributed by atoms with van der Waals surface area (Å²) in [5.41, 5.74) is 0. The number of rotatable bonds is 20. The highest BCUT2D eigenvalue weighted by atomic mass is 28.4. The summed E-state index contributed by atoms with van der Waals surface area (Å²) in [6, 6.07) is 21.2. The largest absolute Gasteiger partial charge is 0.407 e. The van der Waals surface area contributed by atoms with Crippen molar-refractivity contribution in [1.82, 2.24) is 0 Å². The summed E-state index contributed by atoms with van der Waals surface area (Å²) in [5, 5.41) is 24.1. The molecule has 0 spiro atoms. The van der Waals surface area contributed by atoms with E-state index in [4.69, 9.17) is 4.43 Å². The fourth-order valence-electron chi connectivity index (χ4n) is 5.86. The minimum absolute atomic E-state index is 0.103. The number of hydrogen-bond donors (Lipinski definition) is 2. The lowest BCUT2D eigenvalue weighted by Crippen LogP contribution is -2.67. The predicted molar refractivity (Wildman–Crippen MR) is 170 cm³/mol. The van der Waals surface area contributed by atoms with Crippen LogP contribution in [0.5, 0.6) is 0 Å². The maximum Gasteiger partial charge on any atom is 0.261 e. The molecular weight excluding hydrogens is 496 g/mol. The van der Waals surface area contributed by atoms with Gasteiger partial charge >= 0.3 is 0 Å². The predicted octanol–water partition coefficient (Wildman–Crippen LogP) is 8.01. The summed E-state index contributed by atoms with van der Waals surface area (Å²) in [7, 11) is -2.64. The molecule has 0 amide bonds. The van der Waals surface area contributed by atoms with Crippen LogP contribution < -0.4 is 10.4 Å². The van der Waals surface area contributed by atoms with Crippen molar-refractivity contribution in [2.24, 2.45) is 5.92 Å². The van der Waals surface area contributed by atoms with E-state index in [-0.39, 0.29) is 11.0 Å². The third-order valence-corrected chi connectivity index (χ3v) is 13.3. The zero-order chi connectivity index (χ0) is 28.6. The van der Waals surface area contributed by atoms with Crippen molar-refractivity contribution in [1.29, 1.82) is 0 Å². The number of aliphatic hydroxyl groups is 2. The minimum atomic E-state index is -2.64. The van der Waals surface area contributed by atoms with Crippen LogP contribution in [0.3, 0.4) is 0 Å². The highest BCUT2D eigenvalue weighted by molar-refractivity contribution is 6.99. The molecule has 0 aliphatic heterocycles. The van der Waals surface area contributed by atoms with Crippen molar-refractivity contribution < 1.29 is 14.6 Å². The molecule has 220 valence electrons. The van der Waals surface area contributed by atoms with Crippen LogP contribution in [0.2, 0.25) is 5.04 Å². The van der Waals surface area contributed by atoms with Crippen LogP contribution in [0, 0.1) is 5.92 Å². The zero-order valence-electron chi connectivity index (χ0n) is 25.7.